The summed E-state index contributed by atoms with van der Waals surface area (Å²) in [6.45, 7) is 1.67. The number of nitrogen functional groups attached to an aromatic ring is 1. The summed E-state index contributed by atoms with van der Waals surface area (Å²) in [5.41, 5.74) is 6.73. The van der Waals surface area contributed by atoms with Crippen LogP contribution in [0.4, 0.5) is 10.1 Å². The maximum absolute atomic E-state index is 13.1. The molecule has 0 spiro atoms. The van der Waals surface area contributed by atoms with Crippen molar-refractivity contribution in [2.75, 3.05) is 11.1 Å². The molecular weight excluding hydrogens is 265 g/mol. The van der Waals surface area contributed by atoms with Gasteiger partial charge in [0.05, 0.1) is 6.10 Å². The highest BCUT2D eigenvalue weighted by Crippen LogP contribution is 2.26. The SMILES string of the molecule is Cc1c(N)cc(F)cc1C(O)C(O)CBr. The molecule has 2 atom stereocenters. The molecule has 1 rings (SSSR count). The lowest BCUT2D eigenvalue weighted by atomic mass is 9.98. The second-order valence-corrected chi connectivity index (χ2v) is 4.02. The zero-order valence-electron chi connectivity index (χ0n) is 8.24. The summed E-state index contributed by atoms with van der Waals surface area (Å²) in [5.74, 6) is -0.520. The van der Waals surface area contributed by atoms with Crippen molar-refractivity contribution in [3.8, 4) is 0 Å². The highest BCUT2D eigenvalue weighted by atomic mass is 79.9. The van der Waals surface area contributed by atoms with E-state index in [1.807, 2.05) is 0 Å². The van der Waals surface area contributed by atoms with Crippen LogP contribution in [0, 0.1) is 12.7 Å². The summed E-state index contributed by atoms with van der Waals surface area (Å²) in [7, 11) is 0. The zero-order valence-corrected chi connectivity index (χ0v) is 9.83. The Morgan fingerprint density at radius 1 is 1.47 bits per heavy atom. The molecule has 0 aliphatic carbocycles. The van der Waals surface area contributed by atoms with Crippen LogP contribution in [-0.2, 0) is 0 Å². The number of hydrogen-bond acceptors (Lipinski definition) is 3. The Hall–Kier alpha value is -0.650. The van der Waals surface area contributed by atoms with E-state index in [1.165, 1.54) is 12.1 Å². The Morgan fingerprint density at radius 3 is 2.60 bits per heavy atom. The van der Waals surface area contributed by atoms with Gasteiger partial charge in [-0.1, -0.05) is 15.9 Å². The summed E-state index contributed by atoms with van der Waals surface area (Å²) in [5, 5.41) is 19.4. The van der Waals surface area contributed by atoms with Gasteiger partial charge in [-0.25, -0.2) is 4.39 Å². The van der Waals surface area contributed by atoms with Crippen molar-refractivity contribution in [1.82, 2.24) is 0 Å². The van der Waals surface area contributed by atoms with Crippen LogP contribution in [0.15, 0.2) is 12.1 Å². The number of alkyl halides is 1. The molecule has 0 radical (unpaired) electrons. The predicted octanol–water partition coefficient (Wildman–Crippen LogP) is 1.51. The fourth-order valence-corrected chi connectivity index (χ4v) is 1.67. The van der Waals surface area contributed by atoms with Gasteiger partial charge in [0, 0.05) is 11.0 Å². The van der Waals surface area contributed by atoms with Gasteiger partial charge in [0.25, 0.3) is 0 Å². The molecule has 0 fully saturated rings. The number of hydrogen-bond donors (Lipinski definition) is 3. The Morgan fingerprint density at radius 2 is 2.07 bits per heavy atom. The van der Waals surface area contributed by atoms with Crippen molar-refractivity contribution in [3.63, 3.8) is 0 Å². The smallest absolute Gasteiger partial charge is 0.125 e. The molecule has 2 unspecified atom stereocenters. The molecule has 0 saturated carbocycles. The number of aliphatic hydroxyl groups excluding tert-OH is 2. The second-order valence-electron chi connectivity index (χ2n) is 3.38. The van der Waals surface area contributed by atoms with E-state index in [2.05, 4.69) is 15.9 Å². The van der Waals surface area contributed by atoms with Crippen LogP contribution in [0.3, 0.4) is 0 Å². The molecule has 0 aromatic heterocycles. The molecule has 1 aromatic rings. The number of aliphatic hydroxyl groups is 2. The summed E-state index contributed by atoms with van der Waals surface area (Å²) in [6.07, 6.45) is -2.12. The lowest BCUT2D eigenvalue weighted by Crippen LogP contribution is -2.20. The molecule has 0 saturated heterocycles. The third kappa shape index (κ3) is 2.68. The minimum Gasteiger partial charge on any atom is -0.398 e. The summed E-state index contributed by atoms with van der Waals surface area (Å²) in [4.78, 5) is 0. The topological polar surface area (TPSA) is 66.5 Å². The molecule has 15 heavy (non-hydrogen) atoms. The lowest BCUT2D eigenvalue weighted by molar-refractivity contribution is 0.0337. The van der Waals surface area contributed by atoms with Gasteiger partial charge in [0.15, 0.2) is 0 Å². The van der Waals surface area contributed by atoms with E-state index in [0.717, 1.165) is 0 Å². The molecule has 3 nitrogen and oxygen atoms in total. The molecule has 0 heterocycles. The summed E-state index contributed by atoms with van der Waals surface area (Å²) in [6, 6.07) is 2.37. The zero-order chi connectivity index (χ0) is 11.6. The Bertz CT molecular complexity index is 360. The molecule has 0 bridgehead atoms. The highest BCUT2D eigenvalue weighted by molar-refractivity contribution is 9.09. The Labute approximate surface area is 95.9 Å². The lowest BCUT2D eigenvalue weighted by Gasteiger charge is -2.19. The monoisotopic (exact) mass is 277 g/mol. The second kappa shape index (κ2) is 4.92. The summed E-state index contributed by atoms with van der Waals surface area (Å²) >= 11 is 3.04. The number of nitrogens with two attached hydrogens (primary N) is 1. The maximum atomic E-state index is 13.1. The molecule has 5 heteroatoms. The van der Waals surface area contributed by atoms with Crippen LogP contribution < -0.4 is 5.73 Å². The van der Waals surface area contributed by atoms with Gasteiger partial charge < -0.3 is 15.9 Å². The molecule has 84 valence electrons. The largest absolute Gasteiger partial charge is 0.398 e. The first-order valence-electron chi connectivity index (χ1n) is 4.45. The molecule has 0 aliphatic rings. The van der Waals surface area contributed by atoms with Crippen LogP contribution in [0.2, 0.25) is 0 Å². The maximum Gasteiger partial charge on any atom is 0.125 e. The van der Waals surface area contributed by atoms with E-state index in [1.54, 1.807) is 6.92 Å². The van der Waals surface area contributed by atoms with Crippen LogP contribution >= 0.6 is 15.9 Å². The number of halogens is 2. The average molecular weight is 278 g/mol. The Balaban J connectivity index is 3.13. The quantitative estimate of drug-likeness (QED) is 0.580. The van der Waals surface area contributed by atoms with Gasteiger partial charge in [-0.2, -0.15) is 0 Å². The predicted molar refractivity (Wildman–Crippen MR) is 60.3 cm³/mol. The van der Waals surface area contributed by atoms with Crippen LogP contribution in [-0.4, -0.2) is 21.6 Å². The van der Waals surface area contributed by atoms with Gasteiger partial charge >= 0.3 is 0 Å². The fraction of sp³-hybridized carbons (Fsp3) is 0.400. The van der Waals surface area contributed by atoms with Crippen LogP contribution in [0.25, 0.3) is 0 Å². The van der Waals surface area contributed by atoms with Crippen molar-refractivity contribution in [3.05, 3.63) is 29.1 Å². The third-order valence-corrected chi connectivity index (χ3v) is 2.96. The molecule has 0 aliphatic heterocycles. The van der Waals surface area contributed by atoms with Gasteiger partial charge in [-0.05, 0) is 30.2 Å². The average Bonchev–Trinajstić information content (AvgIpc) is 2.21. The summed E-state index contributed by atoms with van der Waals surface area (Å²) < 4.78 is 13.1. The van der Waals surface area contributed by atoms with E-state index >= 15 is 0 Å². The van der Waals surface area contributed by atoms with Crippen molar-refractivity contribution >= 4 is 21.6 Å². The van der Waals surface area contributed by atoms with Gasteiger partial charge in [-0.15, -0.1) is 0 Å². The van der Waals surface area contributed by atoms with Gasteiger partial charge in [0.1, 0.15) is 11.9 Å². The van der Waals surface area contributed by atoms with Crippen LogP contribution in [0.1, 0.15) is 17.2 Å². The van der Waals surface area contributed by atoms with Crippen LogP contribution in [0.5, 0.6) is 0 Å². The number of rotatable bonds is 3. The van der Waals surface area contributed by atoms with Crippen molar-refractivity contribution in [2.45, 2.75) is 19.1 Å². The van der Waals surface area contributed by atoms with Crippen molar-refractivity contribution < 1.29 is 14.6 Å². The minimum atomic E-state index is -1.14. The van der Waals surface area contributed by atoms with Gasteiger partial charge in [0.2, 0.25) is 0 Å². The normalized spacial score (nSPS) is 15.0. The first-order valence-corrected chi connectivity index (χ1v) is 5.57. The molecule has 1 aromatic carbocycles. The molecule has 4 N–H and O–H groups in total. The van der Waals surface area contributed by atoms with Gasteiger partial charge in [-0.3, -0.25) is 0 Å². The Kier molecular flexibility index (Phi) is 4.07. The van der Waals surface area contributed by atoms with E-state index in [4.69, 9.17) is 5.73 Å². The van der Waals surface area contributed by atoms with E-state index in [0.29, 0.717) is 11.1 Å². The fourth-order valence-electron chi connectivity index (χ4n) is 1.32. The standard InChI is InChI=1S/C10H13BrFNO2/c1-5-7(10(15)9(14)4-11)2-6(12)3-8(5)13/h2-3,9-10,14-15H,4,13H2,1H3. The molecule has 0 amide bonds. The van der Waals surface area contributed by atoms with E-state index in [-0.39, 0.29) is 11.0 Å². The van der Waals surface area contributed by atoms with Crippen molar-refractivity contribution in [1.29, 1.82) is 0 Å². The number of benzene rings is 1. The van der Waals surface area contributed by atoms with E-state index < -0.39 is 18.0 Å². The third-order valence-electron chi connectivity index (χ3n) is 2.29. The minimum absolute atomic E-state index is 0.212. The first kappa shape index (κ1) is 12.4. The van der Waals surface area contributed by atoms with Crippen molar-refractivity contribution in [2.24, 2.45) is 0 Å². The first-order chi connectivity index (χ1) is 6.97. The number of anilines is 1. The highest BCUT2D eigenvalue weighted by Gasteiger charge is 2.20. The molecular formula is C10H13BrFNO2. The van der Waals surface area contributed by atoms with E-state index in [9.17, 15) is 14.6 Å².